The third kappa shape index (κ3) is 5.09. The molecule has 0 aromatic heterocycles. The first-order valence-electron chi connectivity index (χ1n) is 6.18. The first-order chi connectivity index (χ1) is 8.60. The molecule has 1 aromatic rings. The Morgan fingerprint density at radius 1 is 1.32 bits per heavy atom. The van der Waals surface area contributed by atoms with Gasteiger partial charge in [0.15, 0.2) is 0 Å². The van der Waals surface area contributed by atoms with Crippen LogP contribution in [0.25, 0.3) is 0 Å². The van der Waals surface area contributed by atoms with E-state index in [0.717, 1.165) is 35.5 Å². The minimum absolute atomic E-state index is 0. The van der Waals surface area contributed by atoms with Gasteiger partial charge in [0.2, 0.25) is 5.91 Å². The van der Waals surface area contributed by atoms with Crippen molar-refractivity contribution in [3.63, 3.8) is 0 Å². The molecular weight excluding hydrogens is 264 g/mol. The van der Waals surface area contributed by atoms with Crippen LogP contribution in [0.4, 0.5) is 5.69 Å². The van der Waals surface area contributed by atoms with Crippen LogP contribution in [0.1, 0.15) is 24.0 Å². The largest absolute Gasteiger partial charge is 0.496 e. The smallest absolute Gasteiger partial charge is 0.224 e. The summed E-state index contributed by atoms with van der Waals surface area (Å²) in [5, 5.41) is 5.95. The first kappa shape index (κ1) is 17.7. The van der Waals surface area contributed by atoms with Crippen molar-refractivity contribution in [2.75, 3.05) is 26.0 Å². The number of rotatable bonds is 6. The highest BCUT2D eigenvalue weighted by Gasteiger charge is 2.10. The van der Waals surface area contributed by atoms with E-state index in [1.54, 1.807) is 7.11 Å². The molecule has 2 N–H and O–H groups in total. The van der Waals surface area contributed by atoms with Gasteiger partial charge in [-0.05, 0) is 45.5 Å². The molecule has 4 nitrogen and oxygen atoms in total. The Hall–Kier alpha value is -1.26. The molecule has 0 saturated heterocycles. The fourth-order valence-corrected chi connectivity index (χ4v) is 1.92. The van der Waals surface area contributed by atoms with E-state index in [4.69, 9.17) is 4.74 Å². The summed E-state index contributed by atoms with van der Waals surface area (Å²) in [5.74, 6) is 0.877. The summed E-state index contributed by atoms with van der Waals surface area (Å²) >= 11 is 0. The number of anilines is 1. The summed E-state index contributed by atoms with van der Waals surface area (Å²) in [6.45, 7) is 4.79. The van der Waals surface area contributed by atoms with Gasteiger partial charge in [-0.3, -0.25) is 4.79 Å². The summed E-state index contributed by atoms with van der Waals surface area (Å²) in [5.41, 5.74) is 2.87. The lowest BCUT2D eigenvalue weighted by Gasteiger charge is -2.14. The lowest BCUT2D eigenvalue weighted by Crippen LogP contribution is -2.16. The zero-order chi connectivity index (χ0) is 13.5. The lowest BCUT2D eigenvalue weighted by molar-refractivity contribution is -0.116. The van der Waals surface area contributed by atoms with E-state index in [0.29, 0.717) is 6.42 Å². The van der Waals surface area contributed by atoms with E-state index in [9.17, 15) is 4.79 Å². The second-order valence-corrected chi connectivity index (χ2v) is 4.34. The molecule has 0 radical (unpaired) electrons. The number of aryl methyl sites for hydroxylation is 1. The van der Waals surface area contributed by atoms with Crippen molar-refractivity contribution in [1.82, 2.24) is 5.32 Å². The van der Waals surface area contributed by atoms with Crippen molar-refractivity contribution in [3.8, 4) is 5.75 Å². The Bertz CT molecular complexity index is 422. The van der Waals surface area contributed by atoms with Crippen LogP contribution in [0.2, 0.25) is 0 Å². The predicted octanol–water partition coefficient (Wildman–Crippen LogP) is 2.67. The molecule has 1 aromatic carbocycles. The van der Waals surface area contributed by atoms with Gasteiger partial charge in [-0.25, -0.2) is 0 Å². The fourth-order valence-electron chi connectivity index (χ4n) is 1.92. The van der Waals surface area contributed by atoms with Crippen molar-refractivity contribution in [2.24, 2.45) is 0 Å². The first-order valence-corrected chi connectivity index (χ1v) is 6.18. The maximum Gasteiger partial charge on any atom is 0.224 e. The number of halogens is 1. The number of benzene rings is 1. The molecule has 0 aliphatic carbocycles. The maximum atomic E-state index is 11.7. The van der Waals surface area contributed by atoms with E-state index < -0.39 is 0 Å². The molecular formula is C14H23ClN2O2. The molecule has 0 atom stereocenters. The molecule has 0 aliphatic heterocycles. The number of nitrogens with one attached hydrogen (secondary N) is 2. The zero-order valence-electron chi connectivity index (χ0n) is 12.0. The molecule has 19 heavy (non-hydrogen) atoms. The summed E-state index contributed by atoms with van der Waals surface area (Å²) in [6, 6.07) is 3.87. The Balaban J connectivity index is 0.00000324. The molecule has 0 aliphatic rings. The van der Waals surface area contributed by atoms with Gasteiger partial charge in [0, 0.05) is 17.7 Å². The Labute approximate surface area is 121 Å². The van der Waals surface area contributed by atoms with Gasteiger partial charge in [0.1, 0.15) is 5.75 Å². The van der Waals surface area contributed by atoms with Crippen molar-refractivity contribution >= 4 is 24.0 Å². The fraction of sp³-hybridized carbons (Fsp3) is 0.500. The number of methoxy groups -OCH3 is 1. The topological polar surface area (TPSA) is 50.4 Å². The van der Waals surface area contributed by atoms with Gasteiger partial charge >= 0.3 is 0 Å². The molecule has 0 bridgehead atoms. The van der Waals surface area contributed by atoms with Crippen LogP contribution in [-0.2, 0) is 4.79 Å². The summed E-state index contributed by atoms with van der Waals surface area (Å²) in [7, 11) is 3.53. The Kier molecular flexibility index (Phi) is 8.19. The highest BCUT2D eigenvalue weighted by molar-refractivity contribution is 5.92. The monoisotopic (exact) mass is 286 g/mol. The van der Waals surface area contributed by atoms with E-state index >= 15 is 0 Å². The van der Waals surface area contributed by atoms with Crippen LogP contribution >= 0.6 is 12.4 Å². The minimum atomic E-state index is 0. The van der Waals surface area contributed by atoms with Crippen molar-refractivity contribution in [1.29, 1.82) is 0 Å². The average Bonchev–Trinajstić information content (AvgIpc) is 2.34. The number of amides is 1. The molecule has 5 heteroatoms. The molecule has 0 unspecified atom stereocenters. The van der Waals surface area contributed by atoms with E-state index in [1.807, 2.05) is 33.0 Å². The van der Waals surface area contributed by atoms with Gasteiger partial charge in [0.05, 0.1) is 7.11 Å². The lowest BCUT2D eigenvalue weighted by atomic mass is 10.1. The Morgan fingerprint density at radius 3 is 2.58 bits per heavy atom. The van der Waals surface area contributed by atoms with Crippen LogP contribution in [0.3, 0.4) is 0 Å². The predicted molar refractivity (Wildman–Crippen MR) is 81.5 cm³/mol. The molecule has 0 fully saturated rings. The molecule has 0 spiro atoms. The quantitative estimate of drug-likeness (QED) is 0.791. The third-order valence-electron chi connectivity index (χ3n) is 2.91. The SMILES string of the molecule is CNCCCC(=O)Nc1ccc(C)c(OC)c1C.Cl. The van der Waals surface area contributed by atoms with Gasteiger partial charge in [-0.2, -0.15) is 0 Å². The molecule has 0 heterocycles. The highest BCUT2D eigenvalue weighted by atomic mass is 35.5. The Morgan fingerprint density at radius 2 is 2.00 bits per heavy atom. The van der Waals surface area contributed by atoms with E-state index in [2.05, 4.69) is 10.6 Å². The van der Waals surface area contributed by atoms with Crippen LogP contribution < -0.4 is 15.4 Å². The van der Waals surface area contributed by atoms with Gasteiger partial charge < -0.3 is 15.4 Å². The van der Waals surface area contributed by atoms with Crippen LogP contribution in [0.15, 0.2) is 12.1 Å². The number of ether oxygens (including phenoxy) is 1. The normalized spacial score (nSPS) is 9.68. The van der Waals surface area contributed by atoms with E-state index in [1.165, 1.54) is 0 Å². The highest BCUT2D eigenvalue weighted by Crippen LogP contribution is 2.29. The standard InChI is InChI=1S/C14H22N2O2.ClH/c1-10-7-8-12(11(2)14(10)18-4)16-13(17)6-5-9-15-3;/h7-8,15H,5-6,9H2,1-4H3,(H,16,17);1H. The van der Waals surface area contributed by atoms with Crippen LogP contribution in [-0.4, -0.2) is 26.6 Å². The van der Waals surface area contributed by atoms with Crippen molar-refractivity contribution < 1.29 is 9.53 Å². The minimum Gasteiger partial charge on any atom is -0.496 e. The number of hydrogen-bond donors (Lipinski definition) is 2. The van der Waals surface area contributed by atoms with Gasteiger partial charge in [-0.1, -0.05) is 6.07 Å². The number of hydrogen-bond acceptors (Lipinski definition) is 3. The molecule has 0 saturated carbocycles. The van der Waals surface area contributed by atoms with Crippen LogP contribution in [0.5, 0.6) is 5.75 Å². The number of carbonyl (C=O) groups is 1. The number of carbonyl (C=O) groups excluding carboxylic acids is 1. The molecule has 108 valence electrons. The average molecular weight is 287 g/mol. The molecule has 1 rings (SSSR count). The van der Waals surface area contributed by atoms with Gasteiger partial charge in [0.25, 0.3) is 0 Å². The summed E-state index contributed by atoms with van der Waals surface area (Å²) < 4.78 is 5.34. The molecule has 1 amide bonds. The second-order valence-electron chi connectivity index (χ2n) is 4.34. The van der Waals surface area contributed by atoms with E-state index in [-0.39, 0.29) is 18.3 Å². The summed E-state index contributed by atoms with van der Waals surface area (Å²) in [6.07, 6.45) is 1.36. The van der Waals surface area contributed by atoms with Crippen LogP contribution in [0, 0.1) is 13.8 Å². The van der Waals surface area contributed by atoms with Crippen molar-refractivity contribution in [3.05, 3.63) is 23.3 Å². The van der Waals surface area contributed by atoms with Crippen molar-refractivity contribution in [2.45, 2.75) is 26.7 Å². The maximum absolute atomic E-state index is 11.7. The van der Waals surface area contributed by atoms with Gasteiger partial charge in [-0.15, -0.1) is 12.4 Å². The second kappa shape index (κ2) is 8.77. The zero-order valence-corrected chi connectivity index (χ0v) is 12.8. The summed E-state index contributed by atoms with van der Waals surface area (Å²) in [4.78, 5) is 11.7. The third-order valence-corrected chi connectivity index (χ3v) is 2.91.